The highest BCUT2D eigenvalue weighted by atomic mass is 32.2. The molecule has 0 radical (unpaired) electrons. The van der Waals surface area contributed by atoms with E-state index in [-0.39, 0.29) is 6.42 Å². The molecule has 1 saturated heterocycles. The lowest BCUT2D eigenvalue weighted by molar-refractivity contribution is 0.0600. The Balaban J connectivity index is 3.05. The summed E-state index contributed by atoms with van der Waals surface area (Å²) in [4.78, 5) is 18.2. The fourth-order valence-corrected chi connectivity index (χ4v) is 4.43. The van der Waals surface area contributed by atoms with Crippen molar-refractivity contribution in [1.82, 2.24) is 5.32 Å². The van der Waals surface area contributed by atoms with Crippen molar-refractivity contribution in [2.45, 2.75) is 30.6 Å². The molecule has 0 saturated carbocycles. The van der Waals surface area contributed by atoms with E-state index in [1.807, 2.05) is 0 Å². The van der Waals surface area contributed by atoms with Gasteiger partial charge in [0.15, 0.2) is 5.34 Å². The first-order valence-corrected chi connectivity index (χ1v) is 8.25. The summed E-state index contributed by atoms with van der Waals surface area (Å²) in [6, 6.07) is -1.06. The predicted octanol–water partition coefficient (Wildman–Crippen LogP) is -1.12. The molecular formula is C7H16NO7PS. The Hall–Kier alpha value is -0.0200. The minimum atomic E-state index is -5.10. The van der Waals surface area contributed by atoms with Crippen LogP contribution in [0.4, 0.5) is 0 Å². The van der Waals surface area contributed by atoms with Crippen LogP contribution < -0.4 is 5.32 Å². The fraction of sp³-hybridized carbons (Fsp3) is 1.00. The van der Waals surface area contributed by atoms with E-state index in [0.29, 0.717) is 13.0 Å². The van der Waals surface area contributed by atoms with Crippen LogP contribution in [-0.2, 0) is 14.7 Å². The molecular weight excluding hydrogens is 273 g/mol. The summed E-state index contributed by atoms with van der Waals surface area (Å²) >= 11 is 0. The van der Waals surface area contributed by atoms with Crippen LogP contribution in [0.15, 0.2) is 0 Å². The lowest BCUT2D eigenvalue weighted by atomic mass is 10.0. The third-order valence-corrected chi connectivity index (χ3v) is 5.27. The summed E-state index contributed by atoms with van der Waals surface area (Å²) in [6.07, 6.45) is 1.63. The van der Waals surface area contributed by atoms with Crippen molar-refractivity contribution in [3.63, 3.8) is 0 Å². The lowest BCUT2D eigenvalue weighted by Crippen LogP contribution is -2.56. The van der Waals surface area contributed by atoms with Crippen molar-refractivity contribution < 1.29 is 32.4 Å². The molecule has 0 bridgehead atoms. The minimum absolute atomic E-state index is 0.233. The van der Waals surface area contributed by atoms with Crippen LogP contribution in [0.1, 0.15) is 19.3 Å². The smallest absolute Gasteiger partial charge is 0.359 e. The molecule has 1 heterocycles. The van der Waals surface area contributed by atoms with Crippen LogP contribution in [0.3, 0.4) is 0 Å². The molecule has 2 atom stereocenters. The van der Waals surface area contributed by atoms with Gasteiger partial charge in [0.25, 0.3) is 10.1 Å². The second-order valence-electron chi connectivity index (χ2n) is 4.15. The van der Waals surface area contributed by atoms with Gasteiger partial charge < -0.3 is 20.2 Å². The molecule has 8 nitrogen and oxygen atoms in total. The number of hydrogen-bond acceptors (Lipinski definition) is 5. The Morgan fingerprint density at radius 3 is 2.29 bits per heavy atom. The van der Waals surface area contributed by atoms with E-state index in [1.54, 1.807) is 0 Å². The zero-order chi connectivity index (χ0) is 13.3. The Morgan fingerprint density at radius 2 is 1.94 bits per heavy atom. The molecule has 5 N–H and O–H groups in total. The number of nitrogens with one attached hydrogen (secondary N) is 1. The topological polar surface area (TPSA) is 144 Å². The maximum absolute atomic E-state index is 11.3. The summed E-state index contributed by atoms with van der Waals surface area (Å²) < 4.78 is 41.5. The Morgan fingerprint density at radius 1 is 1.35 bits per heavy atom. The molecule has 1 rings (SSSR count). The van der Waals surface area contributed by atoms with Gasteiger partial charge in [-0.15, -0.1) is 0 Å². The normalized spacial score (nSPS) is 26.5. The first-order chi connectivity index (χ1) is 7.56. The predicted molar refractivity (Wildman–Crippen MR) is 59.1 cm³/mol. The van der Waals surface area contributed by atoms with Gasteiger partial charge in [-0.25, -0.2) is 0 Å². The van der Waals surface area contributed by atoms with Gasteiger partial charge in [0.05, 0.1) is 0 Å². The first kappa shape index (κ1) is 15.0. The van der Waals surface area contributed by atoms with Crippen molar-refractivity contribution in [3.8, 4) is 0 Å². The molecule has 0 spiro atoms. The molecule has 0 aromatic heterocycles. The van der Waals surface area contributed by atoms with Gasteiger partial charge in [-0.1, -0.05) is 6.42 Å². The summed E-state index contributed by atoms with van der Waals surface area (Å²) in [5, 5.41) is 9.82. The minimum Gasteiger partial charge on any atom is -0.375 e. The molecule has 0 aromatic rings. The van der Waals surface area contributed by atoms with Crippen molar-refractivity contribution in [3.05, 3.63) is 0 Å². The third kappa shape index (κ3) is 3.72. The number of hydrogen-bond donors (Lipinski definition) is 5. The first-order valence-electron chi connectivity index (χ1n) is 5.03. The van der Waals surface area contributed by atoms with Gasteiger partial charge in [-0.3, -0.25) is 9.12 Å². The molecule has 0 aromatic carbocycles. The molecule has 2 unspecified atom stereocenters. The maximum Gasteiger partial charge on any atom is 0.359 e. The molecule has 1 fully saturated rings. The standard InChI is InChI=1S/C7H16NO7PS/c9-7(16(10,11)12,5-17(13,14)15)6-3-1-2-4-8-6/h6,8-9H,1-5H2,(H2,10,11,12)(H,13,14,15). The van der Waals surface area contributed by atoms with Crippen LogP contribution in [0.5, 0.6) is 0 Å². The monoisotopic (exact) mass is 289 g/mol. The number of rotatable bonds is 4. The van der Waals surface area contributed by atoms with Crippen LogP contribution in [-0.4, -0.2) is 51.5 Å². The van der Waals surface area contributed by atoms with E-state index in [9.17, 15) is 18.1 Å². The maximum atomic E-state index is 11.3. The van der Waals surface area contributed by atoms with Gasteiger partial charge in [0.2, 0.25) is 0 Å². The van der Waals surface area contributed by atoms with Crippen LogP contribution >= 0.6 is 7.60 Å². The molecule has 10 heteroatoms. The van der Waals surface area contributed by atoms with Gasteiger partial charge in [0.1, 0.15) is 5.75 Å². The van der Waals surface area contributed by atoms with E-state index >= 15 is 0 Å². The van der Waals surface area contributed by atoms with Crippen molar-refractivity contribution >= 4 is 17.7 Å². The zero-order valence-electron chi connectivity index (χ0n) is 8.98. The second kappa shape index (κ2) is 4.93. The average Bonchev–Trinajstić information content (AvgIpc) is 2.14. The van der Waals surface area contributed by atoms with Gasteiger partial charge in [-0.05, 0) is 19.4 Å². The lowest BCUT2D eigenvalue weighted by Gasteiger charge is -2.38. The largest absolute Gasteiger partial charge is 0.375 e. The molecule has 1 aliphatic heterocycles. The van der Waals surface area contributed by atoms with Crippen molar-refractivity contribution in [1.29, 1.82) is 0 Å². The summed E-state index contributed by atoms with van der Waals surface area (Å²) in [5.74, 6) is -1.39. The van der Waals surface area contributed by atoms with E-state index in [1.165, 1.54) is 0 Å². The molecule has 0 aliphatic carbocycles. The number of aliphatic hydroxyl groups is 1. The highest BCUT2D eigenvalue weighted by molar-refractivity contribution is 7.86. The van der Waals surface area contributed by atoms with Crippen molar-refractivity contribution in [2.24, 2.45) is 0 Å². The highest BCUT2D eigenvalue weighted by Gasteiger charge is 2.54. The van der Waals surface area contributed by atoms with Crippen molar-refractivity contribution in [2.75, 3.05) is 12.3 Å². The SMILES string of the molecule is O=P(O)(O)C(O)(CS(=O)(=O)O)C1CCCCN1. The third-order valence-electron chi connectivity index (χ3n) is 2.77. The quantitative estimate of drug-likeness (QED) is 0.323. The van der Waals surface area contributed by atoms with Gasteiger partial charge >= 0.3 is 7.60 Å². The Kier molecular flexibility index (Phi) is 4.36. The Bertz CT molecular complexity index is 412. The molecule has 102 valence electrons. The summed E-state index contributed by atoms with van der Waals surface area (Å²) in [5.41, 5.74) is 0. The molecule has 0 amide bonds. The molecule has 1 aliphatic rings. The van der Waals surface area contributed by atoms with E-state index < -0.39 is 34.9 Å². The van der Waals surface area contributed by atoms with E-state index in [2.05, 4.69) is 5.32 Å². The average molecular weight is 289 g/mol. The highest BCUT2D eigenvalue weighted by Crippen LogP contribution is 2.52. The zero-order valence-corrected chi connectivity index (χ0v) is 10.7. The molecule has 17 heavy (non-hydrogen) atoms. The van der Waals surface area contributed by atoms with Gasteiger partial charge in [-0.2, -0.15) is 8.42 Å². The van der Waals surface area contributed by atoms with E-state index in [4.69, 9.17) is 14.3 Å². The number of piperidine rings is 1. The summed E-state index contributed by atoms with van der Waals surface area (Å²) in [7, 11) is -9.80. The van der Waals surface area contributed by atoms with Gasteiger partial charge in [0, 0.05) is 6.04 Å². The second-order valence-corrected chi connectivity index (χ2v) is 7.47. The Labute approximate surface area is 98.9 Å². The summed E-state index contributed by atoms with van der Waals surface area (Å²) in [6.45, 7) is 0.429. The van der Waals surface area contributed by atoms with Crippen LogP contribution in [0.25, 0.3) is 0 Å². The van der Waals surface area contributed by atoms with Crippen LogP contribution in [0.2, 0.25) is 0 Å². The van der Waals surface area contributed by atoms with Crippen LogP contribution in [0, 0.1) is 0 Å². The fourth-order valence-electron chi connectivity index (χ4n) is 1.90. The van der Waals surface area contributed by atoms with E-state index in [0.717, 1.165) is 6.42 Å².